The Balaban J connectivity index is 4.13. The Morgan fingerprint density at radius 2 is 2.00 bits per heavy atom. The maximum absolute atomic E-state index is 10.5. The first-order chi connectivity index (χ1) is 6.02. The third-order valence-electron chi connectivity index (χ3n) is 3.02. The topological polar surface area (TPSA) is 63.3 Å². The van der Waals surface area contributed by atoms with E-state index in [9.17, 15) is 4.79 Å². The molecule has 0 heterocycles. The number of hydrogen-bond acceptors (Lipinski definition) is 2. The van der Waals surface area contributed by atoms with Crippen LogP contribution in [-0.2, 0) is 4.79 Å². The van der Waals surface area contributed by atoms with Gasteiger partial charge >= 0.3 is 5.97 Å². The molecule has 0 aliphatic carbocycles. The summed E-state index contributed by atoms with van der Waals surface area (Å²) in [5, 5.41) is 8.66. The SMILES string of the molecule is CCC(C)C(C)C(CN)CC(=O)O. The lowest BCUT2D eigenvalue weighted by atomic mass is 9.81. The Morgan fingerprint density at radius 1 is 1.46 bits per heavy atom. The van der Waals surface area contributed by atoms with Gasteiger partial charge in [0, 0.05) is 6.42 Å². The van der Waals surface area contributed by atoms with Gasteiger partial charge in [0.15, 0.2) is 0 Å². The number of carbonyl (C=O) groups is 1. The summed E-state index contributed by atoms with van der Waals surface area (Å²) in [5.74, 6) is 0.317. The number of carboxylic acids is 1. The van der Waals surface area contributed by atoms with Crippen LogP contribution in [0.1, 0.15) is 33.6 Å². The van der Waals surface area contributed by atoms with E-state index in [1.807, 2.05) is 0 Å². The second-order valence-electron chi connectivity index (χ2n) is 3.84. The van der Waals surface area contributed by atoms with Crippen molar-refractivity contribution in [2.24, 2.45) is 23.5 Å². The molecule has 0 spiro atoms. The minimum atomic E-state index is -0.745. The summed E-state index contributed by atoms with van der Waals surface area (Å²) in [4.78, 5) is 10.5. The fourth-order valence-corrected chi connectivity index (χ4v) is 1.54. The van der Waals surface area contributed by atoms with E-state index in [1.54, 1.807) is 0 Å². The zero-order valence-electron chi connectivity index (χ0n) is 8.79. The summed E-state index contributed by atoms with van der Waals surface area (Å²) in [5.41, 5.74) is 5.55. The predicted molar refractivity (Wildman–Crippen MR) is 53.4 cm³/mol. The molecule has 0 rings (SSSR count). The summed E-state index contributed by atoms with van der Waals surface area (Å²) in [6.45, 7) is 6.83. The molecule has 0 fully saturated rings. The third-order valence-corrected chi connectivity index (χ3v) is 3.02. The molecule has 0 amide bonds. The number of nitrogens with two attached hydrogens (primary N) is 1. The first-order valence-corrected chi connectivity index (χ1v) is 4.94. The maximum atomic E-state index is 10.5. The molecule has 78 valence electrons. The fraction of sp³-hybridized carbons (Fsp3) is 0.900. The molecule has 3 unspecified atom stereocenters. The van der Waals surface area contributed by atoms with Crippen LogP contribution in [0.3, 0.4) is 0 Å². The molecular formula is C10H21NO2. The lowest BCUT2D eigenvalue weighted by molar-refractivity contribution is -0.138. The summed E-state index contributed by atoms with van der Waals surface area (Å²) in [7, 11) is 0. The van der Waals surface area contributed by atoms with Crippen LogP contribution in [0.5, 0.6) is 0 Å². The Kier molecular flexibility index (Phi) is 5.71. The minimum Gasteiger partial charge on any atom is -0.481 e. The summed E-state index contributed by atoms with van der Waals surface area (Å²) in [6, 6.07) is 0. The van der Waals surface area contributed by atoms with E-state index in [4.69, 9.17) is 10.8 Å². The average Bonchev–Trinajstić information content (AvgIpc) is 2.11. The van der Waals surface area contributed by atoms with Gasteiger partial charge in [0.1, 0.15) is 0 Å². The molecule has 0 aromatic heterocycles. The molecule has 0 saturated heterocycles. The number of rotatable bonds is 6. The molecule has 0 aromatic rings. The standard InChI is InChI=1S/C10H21NO2/c1-4-7(2)8(3)9(6-11)5-10(12)13/h7-9H,4-6,11H2,1-3H3,(H,12,13). The van der Waals surface area contributed by atoms with Gasteiger partial charge in [-0.25, -0.2) is 0 Å². The highest BCUT2D eigenvalue weighted by Crippen LogP contribution is 2.24. The zero-order valence-corrected chi connectivity index (χ0v) is 8.79. The van der Waals surface area contributed by atoms with Crippen LogP contribution in [-0.4, -0.2) is 17.6 Å². The van der Waals surface area contributed by atoms with Gasteiger partial charge in [0.05, 0.1) is 0 Å². The van der Waals surface area contributed by atoms with Crippen molar-refractivity contribution >= 4 is 5.97 Å². The predicted octanol–water partition coefficient (Wildman–Crippen LogP) is 1.72. The molecule has 3 heteroatoms. The van der Waals surface area contributed by atoms with Crippen molar-refractivity contribution in [1.82, 2.24) is 0 Å². The number of hydrogen-bond donors (Lipinski definition) is 2. The second-order valence-corrected chi connectivity index (χ2v) is 3.84. The highest BCUT2D eigenvalue weighted by atomic mass is 16.4. The van der Waals surface area contributed by atoms with Crippen LogP contribution < -0.4 is 5.73 Å². The van der Waals surface area contributed by atoms with Crippen molar-refractivity contribution in [3.05, 3.63) is 0 Å². The molecule has 3 nitrogen and oxygen atoms in total. The summed E-state index contributed by atoms with van der Waals surface area (Å²) >= 11 is 0. The van der Waals surface area contributed by atoms with E-state index in [0.717, 1.165) is 6.42 Å². The smallest absolute Gasteiger partial charge is 0.303 e. The first kappa shape index (κ1) is 12.4. The normalized spacial score (nSPS) is 17.8. The molecule has 13 heavy (non-hydrogen) atoms. The molecule has 0 radical (unpaired) electrons. The van der Waals surface area contributed by atoms with Crippen molar-refractivity contribution < 1.29 is 9.90 Å². The van der Waals surface area contributed by atoms with E-state index < -0.39 is 5.97 Å². The highest BCUT2D eigenvalue weighted by Gasteiger charge is 2.22. The van der Waals surface area contributed by atoms with Gasteiger partial charge in [-0.2, -0.15) is 0 Å². The average molecular weight is 187 g/mol. The van der Waals surface area contributed by atoms with Crippen molar-refractivity contribution in [2.75, 3.05) is 6.54 Å². The van der Waals surface area contributed by atoms with Gasteiger partial charge in [-0.1, -0.05) is 27.2 Å². The highest BCUT2D eigenvalue weighted by molar-refractivity contribution is 5.67. The lowest BCUT2D eigenvalue weighted by Gasteiger charge is -2.25. The van der Waals surface area contributed by atoms with Crippen LogP contribution >= 0.6 is 0 Å². The Morgan fingerprint density at radius 3 is 2.31 bits per heavy atom. The van der Waals surface area contributed by atoms with Gasteiger partial charge in [-0.15, -0.1) is 0 Å². The summed E-state index contributed by atoms with van der Waals surface area (Å²) in [6.07, 6.45) is 1.28. The van der Waals surface area contributed by atoms with Gasteiger partial charge in [-0.3, -0.25) is 4.79 Å². The maximum Gasteiger partial charge on any atom is 0.303 e. The Labute approximate surface area is 80.3 Å². The molecule has 0 aliphatic heterocycles. The quantitative estimate of drug-likeness (QED) is 0.665. The lowest BCUT2D eigenvalue weighted by Crippen LogP contribution is -2.28. The Bertz CT molecular complexity index is 159. The van der Waals surface area contributed by atoms with Crippen LogP contribution in [0.25, 0.3) is 0 Å². The van der Waals surface area contributed by atoms with E-state index in [-0.39, 0.29) is 12.3 Å². The van der Waals surface area contributed by atoms with Crippen LogP contribution in [0.4, 0.5) is 0 Å². The molecule has 0 aromatic carbocycles. The van der Waals surface area contributed by atoms with Crippen LogP contribution in [0, 0.1) is 17.8 Å². The van der Waals surface area contributed by atoms with Crippen molar-refractivity contribution in [3.8, 4) is 0 Å². The van der Waals surface area contributed by atoms with Crippen molar-refractivity contribution in [1.29, 1.82) is 0 Å². The minimum absolute atomic E-state index is 0.118. The van der Waals surface area contributed by atoms with E-state index in [1.165, 1.54) is 0 Å². The monoisotopic (exact) mass is 187 g/mol. The second kappa shape index (κ2) is 5.97. The van der Waals surface area contributed by atoms with Gasteiger partial charge in [-0.05, 0) is 24.3 Å². The first-order valence-electron chi connectivity index (χ1n) is 4.94. The molecule has 3 N–H and O–H groups in total. The largest absolute Gasteiger partial charge is 0.481 e. The number of carboxylic acid groups (broad SMARTS) is 1. The number of aliphatic carboxylic acids is 1. The van der Waals surface area contributed by atoms with Gasteiger partial charge in [0.2, 0.25) is 0 Å². The van der Waals surface area contributed by atoms with Crippen LogP contribution in [0.2, 0.25) is 0 Å². The molecule has 0 bridgehead atoms. The molecular weight excluding hydrogens is 166 g/mol. The molecule has 3 atom stereocenters. The van der Waals surface area contributed by atoms with Crippen molar-refractivity contribution in [2.45, 2.75) is 33.6 Å². The van der Waals surface area contributed by atoms with Crippen molar-refractivity contribution in [3.63, 3.8) is 0 Å². The van der Waals surface area contributed by atoms with E-state index >= 15 is 0 Å². The fourth-order valence-electron chi connectivity index (χ4n) is 1.54. The summed E-state index contributed by atoms with van der Waals surface area (Å²) < 4.78 is 0. The Hall–Kier alpha value is -0.570. The van der Waals surface area contributed by atoms with Gasteiger partial charge in [0.25, 0.3) is 0 Å². The van der Waals surface area contributed by atoms with Gasteiger partial charge < -0.3 is 10.8 Å². The molecule has 0 saturated carbocycles. The van der Waals surface area contributed by atoms with Crippen LogP contribution in [0.15, 0.2) is 0 Å². The third kappa shape index (κ3) is 4.27. The zero-order chi connectivity index (χ0) is 10.4. The van der Waals surface area contributed by atoms with E-state index in [0.29, 0.717) is 18.4 Å². The van der Waals surface area contributed by atoms with E-state index in [2.05, 4.69) is 20.8 Å². The molecule has 0 aliphatic rings.